The molecular weight excluding hydrogens is 460 g/mol. The molecule has 192 valence electrons. The minimum absolute atomic E-state index is 0.00378. The van der Waals surface area contributed by atoms with Crippen molar-refractivity contribution in [2.45, 2.75) is 65.1 Å². The van der Waals surface area contributed by atoms with Crippen LogP contribution >= 0.6 is 11.8 Å². The fraction of sp³-hybridized carbons (Fsp3) is 0.560. The molecule has 0 radical (unpaired) electrons. The van der Waals surface area contributed by atoms with Crippen molar-refractivity contribution < 1.29 is 4.79 Å². The number of aromatic nitrogens is 3. The van der Waals surface area contributed by atoms with Crippen LogP contribution < -0.4 is 21.1 Å². The van der Waals surface area contributed by atoms with Crippen LogP contribution in [-0.2, 0) is 11.8 Å². The number of aryl methyl sites for hydroxylation is 1. The zero-order valence-electron chi connectivity index (χ0n) is 22.2. The third-order valence-electron chi connectivity index (χ3n) is 5.78. The van der Waals surface area contributed by atoms with Crippen molar-refractivity contribution in [2.24, 2.45) is 0 Å². The van der Waals surface area contributed by atoms with Crippen molar-refractivity contribution >= 4 is 29.4 Å². The Kier molecular flexibility index (Phi) is 8.71. The van der Waals surface area contributed by atoms with Gasteiger partial charge in [0.1, 0.15) is 17.8 Å². The lowest BCUT2D eigenvalue weighted by Crippen LogP contribution is -2.53. The first-order valence-corrected chi connectivity index (χ1v) is 13.0. The number of carbonyl (C=O) groups is 1. The first-order chi connectivity index (χ1) is 16.4. The second-order valence-corrected chi connectivity index (χ2v) is 11.6. The molecule has 0 saturated heterocycles. The summed E-state index contributed by atoms with van der Waals surface area (Å²) in [4.78, 5) is 22.5. The number of hydrogen-bond donors (Lipinski definition) is 3. The number of hydrazine groups is 1. The average Bonchev–Trinajstić information content (AvgIpc) is 3.22. The summed E-state index contributed by atoms with van der Waals surface area (Å²) >= 11 is 1.82. The predicted octanol–water partition coefficient (Wildman–Crippen LogP) is 4.33. The summed E-state index contributed by atoms with van der Waals surface area (Å²) in [5.41, 5.74) is 8.07. The summed E-state index contributed by atoms with van der Waals surface area (Å²) in [6.45, 7) is 10.4. The Hall–Kier alpha value is -2.72. The van der Waals surface area contributed by atoms with Crippen LogP contribution in [0.2, 0.25) is 0 Å². The van der Waals surface area contributed by atoms with E-state index in [9.17, 15) is 4.79 Å². The van der Waals surface area contributed by atoms with Crippen LogP contribution in [0.25, 0.3) is 0 Å². The van der Waals surface area contributed by atoms with E-state index in [-0.39, 0.29) is 23.7 Å². The molecule has 3 N–H and O–H groups in total. The number of thioether (sulfide) groups is 1. The highest BCUT2D eigenvalue weighted by Crippen LogP contribution is 2.28. The van der Waals surface area contributed by atoms with Gasteiger partial charge in [-0.05, 0) is 44.4 Å². The van der Waals surface area contributed by atoms with E-state index in [0.717, 1.165) is 30.1 Å². The number of rotatable bonds is 8. The molecule has 0 spiro atoms. The van der Waals surface area contributed by atoms with Crippen LogP contribution in [0.5, 0.6) is 0 Å². The molecular formula is C25H40N8OS. The van der Waals surface area contributed by atoms with Crippen LogP contribution in [0.1, 0.15) is 58.3 Å². The van der Waals surface area contributed by atoms with E-state index in [1.165, 1.54) is 10.5 Å². The quantitative estimate of drug-likeness (QED) is 0.465. The van der Waals surface area contributed by atoms with Gasteiger partial charge in [0.2, 0.25) is 0 Å². The van der Waals surface area contributed by atoms with E-state index in [4.69, 9.17) is 0 Å². The average molecular weight is 501 g/mol. The zero-order chi connectivity index (χ0) is 25.8. The number of anilines is 2. The Morgan fingerprint density at radius 2 is 2.00 bits per heavy atom. The Labute approximate surface area is 213 Å². The number of pyridine rings is 1. The molecule has 0 saturated carbocycles. The van der Waals surface area contributed by atoms with Crippen molar-refractivity contribution in [2.75, 3.05) is 37.1 Å². The molecule has 0 fully saturated rings. The van der Waals surface area contributed by atoms with Crippen molar-refractivity contribution in [1.29, 1.82) is 0 Å². The minimum Gasteiger partial charge on any atom is -0.363 e. The maximum Gasteiger partial charge on any atom is 0.334 e. The van der Waals surface area contributed by atoms with E-state index in [2.05, 4.69) is 84.1 Å². The highest BCUT2D eigenvalue weighted by Gasteiger charge is 2.23. The van der Waals surface area contributed by atoms with Crippen LogP contribution in [0.4, 0.5) is 16.4 Å². The Morgan fingerprint density at radius 3 is 2.63 bits per heavy atom. The van der Waals surface area contributed by atoms with Crippen molar-refractivity contribution in [3.8, 4) is 0 Å². The van der Waals surface area contributed by atoms with Crippen molar-refractivity contribution in [3.05, 3.63) is 46.8 Å². The van der Waals surface area contributed by atoms with Crippen molar-refractivity contribution in [3.63, 3.8) is 0 Å². The lowest BCUT2D eigenvalue weighted by Gasteiger charge is -2.32. The third-order valence-corrected chi connectivity index (χ3v) is 6.94. The van der Waals surface area contributed by atoms with Crippen molar-refractivity contribution in [1.82, 2.24) is 30.5 Å². The molecule has 3 rings (SSSR count). The van der Waals surface area contributed by atoms with Gasteiger partial charge in [-0.1, -0.05) is 20.8 Å². The zero-order valence-corrected chi connectivity index (χ0v) is 23.0. The number of nitrogens with zero attached hydrogens (tertiary/aromatic N) is 5. The summed E-state index contributed by atoms with van der Waals surface area (Å²) in [5.74, 6) is 2.50. The topological polar surface area (TPSA) is 90.3 Å². The Bertz CT molecular complexity index is 1040. The maximum absolute atomic E-state index is 12.6. The SMILES string of the molecule is CC(C)n1nc(C(C)(C)C)cc1NC(=O)NNC1CSC(CCc2ccnc(N(C)C)c2)=CN1C. The number of hydrogen-bond acceptors (Lipinski definition) is 7. The fourth-order valence-electron chi connectivity index (χ4n) is 3.61. The minimum atomic E-state index is -0.310. The van der Waals surface area contributed by atoms with E-state index >= 15 is 0 Å². The summed E-state index contributed by atoms with van der Waals surface area (Å²) in [6.07, 6.45) is 5.96. The molecule has 1 aliphatic heterocycles. The highest BCUT2D eigenvalue weighted by atomic mass is 32.2. The molecule has 35 heavy (non-hydrogen) atoms. The normalized spacial score (nSPS) is 16.3. The first-order valence-electron chi connectivity index (χ1n) is 12.0. The number of nitrogens with one attached hydrogen (secondary N) is 3. The van der Waals surface area contributed by atoms with Gasteiger partial charge in [0.05, 0.1) is 5.69 Å². The predicted molar refractivity (Wildman–Crippen MR) is 146 cm³/mol. The molecule has 2 aromatic heterocycles. The van der Waals surface area contributed by atoms with E-state index in [1.807, 2.05) is 54.7 Å². The third kappa shape index (κ3) is 7.38. The van der Waals surface area contributed by atoms with Gasteiger partial charge in [-0.3, -0.25) is 10.7 Å². The largest absolute Gasteiger partial charge is 0.363 e. The molecule has 10 heteroatoms. The summed E-state index contributed by atoms with van der Waals surface area (Å²) in [5, 5.41) is 7.62. The number of carbonyl (C=O) groups excluding carboxylic acids is 1. The number of allylic oxidation sites excluding steroid dienone is 1. The van der Waals surface area contributed by atoms with Crippen LogP contribution in [0.3, 0.4) is 0 Å². The molecule has 3 heterocycles. The van der Waals surface area contributed by atoms with Gasteiger partial charge in [0, 0.05) is 61.7 Å². The van der Waals surface area contributed by atoms with Gasteiger partial charge in [-0.2, -0.15) is 5.10 Å². The van der Waals surface area contributed by atoms with E-state index < -0.39 is 0 Å². The maximum atomic E-state index is 12.6. The van der Waals surface area contributed by atoms with E-state index in [1.54, 1.807) is 0 Å². The molecule has 0 aliphatic carbocycles. The molecule has 9 nitrogen and oxygen atoms in total. The molecule has 2 aromatic rings. The van der Waals surface area contributed by atoms with E-state index in [0.29, 0.717) is 5.82 Å². The van der Waals surface area contributed by atoms with Gasteiger partial charge >= 0.3 is 6.03 Å². The Balaban J connectivity index is 1.51. The van der Waals surface area contributed by atoms with Gasteiger partial charge in [0.25, 0.3) is 0 Å². The fourth-order valence-corrected chi connectivity index (χ4v) is 4.79. The monoisotopic (exact) mass is 500 g/mol. The molecule has 1 aliphatic rings. The summed E-state index contributed by atoms with van der Waals surface area (Å²) < 4.78 is 1.85. The van der Waals surface area contributed by atoms with Crippen LogP contribution in [-0.4, -0.2) is 58.8 Å². The number of amides is 2. The molecule has 2 amide bonds. The lowest BCUT2D eigenvalue weighted by molar-refractivity contribution is 0.230. The van der Waals surface area contributed by atoms with Gasteiger partial charge in [-0.15, -0.1) is 11.8 Å². The van der Waals surface area contributed by atoms with Crippen LogP contribution in [0.15, 0.2) is 35.5 Å². The van der Waals surface area contributed by atoms with Gasteiger partial charge < -0.3 is 9.80 Å². The molecule has 0 bridgehead atoms. The molecule has 1 unspecified atom stereocenters. The smallest absolute Gasteiger partial charge is 0.334 e. The number of urea groups is 1. The second kappa shape index (κ2) is 11.3. The first kappa shape index (κ1) is 26.9. The standard InChI is InChI=1S/C25H40N8OS/c1-17(2)33-22(14-20(30-33)25(3,4)5)27-24(34)29-28-23-16-35-19(15-32(23)8)10-9-18-11-12-26-21(13-18)31(6)7/h11-15,17,23,28H,9-10,16H2,1-8H3,(H2,27,29,34). The van der Waals surface area contributed by atoms with Gasteiger partial charge in [-0.25, -0.2) is 19.9 Å². The van der Waals surface area contributed by atoms with Gasteiger partial charge in [0.15, 0.2) is 0 Å². The second-order valence-electron chi connectivity index (χ2n) is 10.4. The summed E-state index contributed by atoms with van der Waals surface area (Å²) in [7, 11) is 6.03. The summed E-state index contributed by atoms with van der Waals surface area (Å²) in [6, 6.07) is 5.99. The van der Waals surface area contributed by atoms with Crippen LogP contribution in [0, 0.1) is 0 Å². The lowest BCUT2D eigenvalue weighted by atomic mass is 9.92. The molecule has 0 aromatic carbocycles. The Morgan fingerprint density at radius 1 is 1.26 bits per heavy atom. The highest BCUT2D eigenvalue weighted by molar-refractivity contribution is 8.03. The molecule has 1 atom stereocenters.